The lowest BCUT2D eigenvalue weighted by Gasteiger charge is -2.17. The van der Waals surface area contributed by atoms with Crippen LogP contribution in [0.15, 0.2) is 48.7 Å². The number of amides is 3. The highest BCUT2D eigenvalue weighted by atomic mass is 35.5. The van der Waals surface area contributed by atoms with Gasteiger partial charge in [-0.1, -0.05) is 35.3 Å². The quantitative estimate of drug-likeness (QED) is 0.291. The van der Waals surface area contributed by atoms with E-state index in [-0.39, 0.29) is 18.2 Å². The zero-order chi connectivity index (χ0) is 23.3. The summed E-state index contributed by atoms with van der Waals surface area (Å²) in [6.07, 6.45) is 3.90. The van der Waals surface area contributed by atoms with E-state index in [1.165, 1.54) is 0 Å². The fourth-order valence-corrected chi connectivity index (χ4v) is 3.78. The van der Waals surface area contributed by atoms with Gasteiger partial charge in [0.05, 0.1) is 6.61 Å². The third-order valence-corrected chi connectivity index (χ3v) is 5.38. The smallest absolute Gasteiger partial charge is 0.328 e. The molecule has 0 aromatic heterocycles. The molecule has 0 radical (unpaired) electrons. The van der Waals surface area contributed by atoms with Gasteiger partial charge in [-0.25, -0.2) is 4.79 Å². The molecule has 1 fully saturated rings. The van der Waals surface area contributed by atoms with Crippen LogP contribution in [0, 0.1) is 0 Å². The standard InChI is InChI=1S/C24H24Cl2N2O4/c1-4-7-16-10-15(11-20-23(29)28(5-2)24(30)27-20)12-21(31-6-3)22(16)32-14-17-8-9-18(25)13-19(17)26/h4,8-13H,1,5-7,14H2,2-3H3,(H,27,30)/b20-11+. The molecule has 1 aliphatic rings. The second-order valence-electron chi connectivity index (χ2n) is 7.00. The van der Waals surface area contributed by atoms with Gasteiger partial charge in [-0.05, 0) is 56.2 Å². The lowest BCUT2D eigenvalue weighted by Crippen LogP contribution is -2.30. The van der Waals surface area contributed by atoms with Gasteiger partial charge in [-0.3, -0.25) is 9.69 Å². The number of carbonyl (C=O) groups excluding carboxylic acids is 2. The van der Waals surface area contributed by atoms with E-state index >= 15 is 0 Å². The van der Waals surface area contributed by atoms with Crippen molar-refractivity contribution < 1.29 is 19.1 Å². The maximum atomic E-state index is 12.4. The number of nitrogens with zero attached hydrogens (tertiary/aromatic N) is 1. The van der Waals surface area contributed by atoms with Gasteiger partial charge < -0.3 is 14.8 Å². The minimum atomic E-state index is -0.431. The lowest BCUT2D eigenvalue weighted by molar-refractivity contribution is -0.122. The predicted molar refractivity (Wildman–Crippen MR) is 126 cm³/mol. The van der Waals surface area contributed by atoms with Crippen LogP contribution in [0.2, 0.25) is 10.0 Å². The third-order valence-electron chi connectivity index (χ3n) is 4.79. The maximum Gasteiger partial charge on any atom is 0.328 e. The van der Waals surface area contributed by atoms with E-state index in [9.17, 15) is 9.59 Å². The van der Waals surface area contributed by atoms with Crippen molar-refractivity contribution in [2.24, 2.45) is 0 Å². The minimum absolute atomic E-state index is 0.213. The zero-order valence-electron chi connectivity index (χ0n) is 17.9. The number of ether oxygens (including phenoxy) is 2. The van der Waals surface area contributed by atoms with Gasteiger partial charge in [-0.2, -0.15) is 0 Å². The summed E-state index contributed by atoms with van der Waals surface area (Å²) < 4.78 is 11.9. The van der Waals surface area contributed by atoms with E-state index in [2.05, 4.69) is 11.9 Å². The number of nitrogens with one attached hydrogen (secondary N) is 1. The first-order chi connectivity index (χ1) is 15.4. The molecule has 168 valence electrons. The fraction of sp³-hybridized carbons (Fsp3) is 0.250. The molecule has 1 saturated heterocycles. The summed E-state index contributed by atoms with van der Waals surface area (Å²) in [5, 5.41) is 3.67. The van der Waals surface area contributed by atoms with Crippen LogP contribution in [0.3, 0.4) is 0 Å². The molecule has 0 unspecified atom stereocenters. The summed E-state index contributed by atoms with van der Waals surface area (Å²) >= 11 is 12.3. The van der Waals surface area contributed by atoms with Crippen molar-refractivity contribution in [3.63, 3.8) is 0 Å². The van der Waals surface area contributed by atoms with Crippen LogP contribution >= 0.6 is 23.2 Å². The van der Waals surface area contributed by atoms with Gasteiger partial charge in [0, 0.05) is 27.7 Å². The highest BCUT2D eigenvalue weighted by molar-refractivity contribution is 6.35. The second kappa shape index (κ2) is 10.6. The van der Waals surface area contributed by atoms with Gasteiger partial charge >= 0.3 is 6.03 Å². The number of allylic oxidation sites excluding steroid dienone is 1. The Hall–Kier alpha value is -2.96. The summed E-state index contributed by atoms with van der Waals surface area (Å²) in [7, 11) is 0. The number of likely N-dealkylation sites (N-methyl/N-ethyl adjacent to an activating group) is 1. The monoisotopic (exact) mass is 474 g/mol. The van der Waals surface area contributed by atoms with Crippen LogP contribution in [-0.4, -0.2) is 30.0 Å². The van der Waals surface area contributed by atoms with Crippen molar-refractivity contribution in [3.8, 4) is 11.5 Å². The average molecular weight is 475 g/mol. The Kier molecular flexibility index (Phi) is 7.83. The van der Waals surface area contributed by atoms with E-state index in [1.807, 2.05) is 19.1 Å². The maximum absolute atomic E-state index is 12.4. The molecule has 0 saturated carbocycles. The molecule has 6 nitrogen and oxygen atoms in total. The third kappa shape index (κ3) is 5.26. The topological polar surface area (TPSA) is 67.9 Å². The van der Waals surface area contributed by atoms with Crippen LogP contribution in [0.4, 0.5) is 4.79 Å². The van der Waals surface area contributed by atoms with Crippen LogP contribution < -0.4 is 14.8 Å². The molecular weight excluding hydrogens is 451 g/mol. The predicted octanol–water partition coefficient (Wildman–Crippen LogP) is 5.61. The fourth-order valence-electron chi connectivity index (χ4n) is 3.31. The van der Waals surface area contributed by atoms with Crippen molar-refractivity contribution >= 4 is 41.2 Å². The first-order valence-corrected chi connectivity index (χ1v) is 10.9. The Bertz CT molecular complexity index is 1080. The number of halogens is 2. The molecule has 1 aliphatic heterocycles. The van der Waals surface area contributed by atoms with Crippen molar-refractivity contribution in [1.29, 1.82) is 0 Å². The highest BCUT2D eigenvalue weighted by Crippen LogP contribution is 2.36. The number of benzene rings is 2. The van der Waals surface area contributed by atoms with Crippen molar-refractivity contribution in [2.75, 3.05) is 13.2 Å². The normalized spacial score (nSPS) is 14.6. The SMILES string of the molecule is C=CCc1cc(/C=C2/NC(=O)N(CC)C2=O)cc(OCC)c1OCc1ccc(Cl)cc1Cl. The Balaban J connectivity index is 1.97. The van der Waals surface area contributed by atoms with Gasteiger partial charge in [-0.15, -0.1) is 6.58 Å². The molecular formula is C24H24Cl2N2O4. The Morgan fingerprint density at radius 2 is 1.88 bits per heavy atom. The molecule has 3 amide bonds. The molecule has 0 aliphatic carbocycles. The number of urea groups is 1. The number of rotatable bonds is 9. The molecule has 0 spiro atoms. The number of hydrogen-bond donors (Lipinski definition) is 1. The summed E-state index contributed by atoms with van der Waals surface area (Å²) in [5.74, 6) is 0.725. The largest absolute Gasteiger partial charge is 0.490 e. The Morgan fingerprint density at radius 3 is 2.50 bits per heavy atom. The van der Waals surface area contributed by atoms with Gasteiger partial charge in [0.1, 0.15) is 12.3 Å². The molecule has 32 heavy (non-hydrogen) atoms. The summed E-state index contributed by atoms with van der Waals surface area (Å²) in [4.78, 5) is 25.5. The van der Waals surface area contributed by atoms with Crippen LogP contribution in [-0.2, 0) is 17.8 Å². The lowest BCUT2D eigenvalue weighted by atomic mass is 10.0. The van der Waals surface area contributed by atoms with E-state index in [1.54, 1.807) is 37.3 Å². The van der Waals surface area contributed by atoms with E-state index < -0.39 is 6.03 Å². The highest BCUT2D eigenvalue weighted by Gasteiger charge is 2.32. The number of imide groups is 1. The van der Waals surface area contributed by atoms with Crippen LogP contribution in [0.1, 0.15) is 30.5 Å². The second-order valence-corrected chi connectivity index (χ2v) is 7.84. The first-order valence-electron chi connectivity index (χ1n) is 10.2. The van der Waals surface area contributed by atoms with Crippen LogP contribution in [0.5, 0.6) is 11.5 Å². The molecule has 0 bridgehead atoms. The molecule has 3 rings (SSSR count). The molecule has 8 heteroatoms. The van der Waals surface area contributed by atoms with Crippen LogP contribution in [0.25, 0.3) is 6.08 Å². The number of hydrogen-bond acceptors (Lipinski definition) is 4. The van der Waals surface area contributed by atoms with Gasteiger partial charge in [0.25, 0.3) is 5.91 Å². The Labute approximate surface area is 197 Å². The van der Waals surface area contributed by atoms with E-state index in [0.29, 0.717) is 46.7 Å². The van der Waals surface area contributed by atoms with Crippen molar-refractivity contribution in [1.82, 2.24) is 10.2 Å². The van der Waals surface area contributed by atoms with E-state index in [4.69, 9.17) is 32.7 Å². The molecule has 1 heterocycles. The minimum Gasteiger partial charge on any atom is -0.490 e. The summed E-state index contributed by atoms with van der Waals surface area (Å²) in [6.45, 7) is 8.39. The van der Waals surface area contributed by atoms with Gasteiger partial charge in [0.2, 0.25) is 0 Å². The number of carbonyl (C=O) groups is 2. The average Bonchev–Trinajstić information content (AvgIpc) is 3.01. The molecule has 2 aromatic carbocycles. The van der Waals surface area contributed by atoms with Crippen molar-refractivity contribution in [3.05, 3.63) is 75.4 Å². The summed E-state index contributed by atoms with van der Waals surface area (Å²) in [5.41, 5.74) is 2.52. The van der Waals surface area contributed by atoms with E-state index in [0.717, 1.165) is 16.0 Å². The zero-order valence-corrected chi connectivity index (χ0v) is 19.4. The van der Waals surface area contributed by atoms with Gasteiger partial charge in [0.15, 0.2) is 11.5 Å². The molecule has 2 aromatic rings. The molecule has 0 atom stereocenters. The molecule has 1 N–H and O–H groups in total. The first kappa shape index (κ1) is 23.7. The Morgan fingerprint density at radius 1 is 1.09 bits per heavy atom. The summed E-state index contributed by atoms with van der Waals surface area (Å²) in [6, 6.07) is 8.45. The van der Waals surface area contributed by atoms with Crippen molar-refractivity contribution in [2.45, 2.75) is 26.9 Å².